The van der Waals surface area contributed by atoms with Crippen molar-refractivity contribution in [2.45, 2.75) is 37.9 Å². The topological polar surface area (TPSA) is 17.1 Å². The van der Waals surface area contributed by atoms with E-state index < -0.39 is 0 Å². The SMILES string of the molecule is CC1CCCC(SCC(=O)c2cc(Cl)ccc2Cl)C1. The summed E-state index contributed by atoms with van der Waals surface area (Å²) in [5, 5.41) is 1.67. The Balaban J connectivity index is 1.92. The predicted molar refractivity (Wildman–Crippen MR) is 84.7 cm³/mol. The number of thioether (sulfide) groups is 1. The summed E-state index contributed by atoms with van der Waals surface area (Å²) in [4.78, 5) is 12.2. The van der Waals surface area contributed by atoms with Crippen molar-refractivity contribution in [3.05, 3.63) is 33.8 Å². The maximum atomic E-state index is 12.2. The average molecular weight is 317 g/mol. The third kappa shape index (κ3) is 4.40. The van der Waals surface area contributed by atoms with Gasteiger partial charge in [0.2, 0.25) is 0 Å². The van der Waals surface area contributed by atoms with Crippen molar-refractivity contribution < 1.29 is 4.79 Å². The van der Waals surface area contributed by atoms with Gasteiger partial charge in [0, 0.05) is 15.8 Å². The van der Waals surface area contributed by atoms with Crippen LogP contribution in [-0.2, 0) is 0 Å². The zero-order valence-corrected chi connectivity index (χ0v) is 13.3. The first-order chi connectivity index (χ1) is 9.06. The van der Waals surface area contributed by atoms with E-state index in [1.165, 1.54) is 25.7 Å². The zero-order chi connectivity index (χ0) is 13.8. The van der Waals surface area contributed by atoms with Crippen molar-refractivity contribution in [1.29, 1.82) is 0 Å². The molecule has 4 heteroatoms. The average Bonchev–Trinajstić information content (AvgIpc) is 2.39. The zero-order valence-electron chi connectivity index (χ0n) is 11.0. The number of ketones is 1. The summed E-state index contributed by atoms with van der Waals surface area (Å²) in [5.74, 6) is 1.36. The molecule has 1 fully saturated rings. The van der Waals surface area contributed by atoms with Gasteiger partial charge in [0.1, 0.15) is 0 Å². The van der Waals surface area contributed by atoms with Gasteiger partial charge in [0.15, 0.2) is 5.78 Å². The fourth-order valence-electron chi connectivity index (χ4n) is 2.51. The maximum absolute atomic E-state index is 12.2. The maximum Gasteiger partial charge on any atom is 0.174 e. The van der Waals surface area contributed by atoms with E-state index in [1.807, 2.05) is 0 Å². The van der Waals surface area contributed by atoms with Gasteiger partial charge in [-0.1, -0.05) is 43.0 Å². The van der Waals surface area contributed by atoms with Gasteiger partial charge in [-0.05, 0) is 37.0 Å². The van der Waals surface area contributed by atoms with Crippen LogP contribution in [0, 0.1) is 5.92 Å². The molecule has 0 heterocycles. The van der Waals surface area contributed by atoms with Crippen LogP contribution in [0.1, 0.15) is 43.0 Å². The lowest BCUT2D eigenvalue weighted by atomic mass is 9.91. The number of hydrogen-bond acceptors (Lipinski definition) is 2. The third-order valence-electron chi connectivity index (χ3n) is 3.57. The first-order valence-corrected chi connectivity index (χ1v) is 8.46. The van der Waals surface area contributed by atoms with Crippen molar-refractivity contribution in [1.82, 2.24) is 0 Å². The monoisotopic (exact) mass is 316 g/mol. The highest BCUT2D eigenvalue weighted by molar-refractivity contribution is 8.00. The van der Waals surface area contributed by atoms with E-state index in [-0.39, 0.29) is 5.78 Å². The highest BCUT2D eigenvalue weighted by atomic mass is 35.5. The number of Topliss-reactive ketones (excluding diaryl/α,β-unsaturated/α-hetero) is 1. The first-order valence-electron chi connectivity index (χ1n) is 6.66. The van der Waals surface area contributed by atoms with Gasteiger partial charge in [0.05, 0.1) is 10.8 Å². The highest BCUT2D eigenvalue weighted by Crippen LogP contribution is 2.32. The molecule has 1 aromatic carbocycles. The fraction of sp³-hybridized carbons (Fsp3) is 0.533. The number of carbonyl (C=O) groups excluding carboxylic acids is 1. The lowest BCUT2D eigenvalue weighted by Gasteiger charge is -2.25. The van der Waals surface area contributed by atoms with Gasteiger partial charge in [-0.25, -0.2) is 0 Å². The normalized spacial score (nSPS) is 23.3. The molecule has 0 bridgehead atoms. The molecular weight excluding hydrogens is 299 g/mol. The molecule has 0 spiro atoms. The van der Waals surface area contributed by atoms with Crippen LogP contribution in [0.25, 0.3) is 0 Å². The lowest BCUT2D eigenvalue weighted by molar-refractivity contribution is 0.102. The first kappa shape index (κ1) is 15.2. The van der Waals surface area contributed by atoms with Gasteiger partial charge < -0.3 is 0 Å². The van der Waals surface area contributed by atoms with Gasteiger partial charge in [0.25, 0.3) is 0 Å². The highest BCUT2D eigenvalue weighted by Gasteiger charge is 2.21. The molecule has 1 saturated carbocycles. The van der Waals surface area contributed by atoms with Crippen molar-refractivity contribution in [2.24, 2.45) is 5.92 Å². The Morgan fingerprint density at radius 3 is 2.89 bits per heavy atom. The Hall–Kier alpha value is -0.180. The molecule has 19 heavy (non-hydrogen) atoms. The van der Waals surface area contributed by atoms with Gasteiger partial charge in [-0.2, -0.15) is 11.8 Å². The number of halogens is 2. The molecule has 1 aliphatic carbocycles. The molecule has 1 nitrogen and oxygen atoms in total. The van der Waals surface area contributed by atoms with Crippen LogP contribution < -0.4 is 0 Å². The van der Waals surface area contributed by atoms with E-state index >= 15 is 0 Å². The molecule has 2 unspecified atom stereocenters. The second-order valence-electron chi connectivity index (χ2n) is 5.25. The molecule has 0 amide bonds. The van der Waals surface area contributed by atoms with Crippen LogP contribution in [0.4, 0.5) is 0 Å². The summed E-state index contributed by atoms with van der Waals surface area (Å²) in [7, 11) is 0. The summed E-state index contributed by atoms with van der Waals surface area (Å²) in [6.07, 6.45) is 5.06. The largest absolute Gasteiger partial charge is 0.293 e. The van der Waals surface area contributed by atoms with Crippen molar-refractivity contribution >= 4 is 40.7 Å². The van der Waals surface area contributed by atoms with E-state index in [0.29, 0.717) is 26.6 Å². The van der Waals surface area contributed by atoms with Crippen LogP contribution in [0.3, 0.4) is 0 Å². The molecule has 0 aromatic heterocycles. The van der Waals surface area contributed by atoms with Crippen molar-refractivity contribution in [3.63, 3.8) is 0 Å². The summed E-state index contributed by atoms with van der Waals surface area (Å²) < 4.78 is 0. The Labute approximate surface area is 129 Å². The van der Waals surface area contributed by atoms with E-state index in [1.54, 1.807) is 30.0 Å². The Morgan fingerprint density at radius 1 is 1.37 bits per heavy atom. The number of carbonyl (C=O) groups is 1. The standard InChI is InChI=1S/C15H18Cl2OS/c1-10-3-2-4-12(7-10)19-9-15(18)13-8-11(16)5-6-14(13)17/h5-6,8,10,12H,2-4,7,9H2,1H3. The Morgan fingerprint density at radius 2 is 2.16 bits per heavy atom. The quantitative estimate of drug-likeness (QED) is 0.683. The second kappa shape index (κ2) is 7.01. The number of rotatable bonds is 4. The third-order valence-corrected chi connectivity index (χ3v) is 5.46. The van der Waals surface area contributed by atoms with Crippen LogP contribution in [0.5, 0.6) is 0 Å². The summed E-state index contributed by atoms with van der Waals surface area (Å²) in [6.45, 7) is 2.29. The van der Waals surface area contributed by atoms with Crippen molar-refractivity contribution in [3.8, 4) is 0 Å². The lowest BCUT2D eigenvalue weighted by Crippen LogP contribution is -2.17. The van der Waals surface area contributed by atoms with Gasteiger partial charge in [-0.15, -0.1) is 0 Å². The number of hydrogen-bond donors (Lipinski definition) is 0. The van der Waals surface area contributed by atoms with E-state index in [9.17, 15) is 4.79 Å². The molecular formula is C15H18Cl2OS. The van der Waals surface area contributed by atoms with Crippen LogP contribution in [0.15, 0.2) is 18.2 Å². The van der Waals surface area contributed by atoms with Crippen LogP contribution in [0.2, 0.25) is 10.0 Å². The Bertz CT molecular complexity index is 461. The molecule has 1 aromatic rings. The molecule has 0 aliphatic heterocycles. The molecule has 0 N–H and O–H groups in total. The van der Waals surface area contributed by atoms with E-state index in [4.69, 9.17) is 23.2 Å². The van der Waals surface area contributed by atoms with Crippen LogP contribution >= 0.6 is 35.0 Å². The van der Waals surface area contributed by atoms with E-state index in [2.05, 4.69) is 6.92 Å². The molecule has 104 valence electrons. The van der Waals surface area contributed by atoms with E-state index in [0.717, 1.165) is 5.92 Å². The predicted octanol–water partition coefficient (Wildman–Crippen LogP) is 5.49. The molecule has 0 radical (unpaired) electrons. The minimum absolute atomic E-state index is 0.0794. The summed E-state index contributed by atoms with van der Waals surface area (Å²) >= 11 is 13.7. The number of benzene rings is 1. The molecule has 0 saturated heterocycles. The van der Waals surface area contributed by atoms with Gasteiger partial charge in [-0.3, -0.25) is 4.79 Å². The summed E-state index contributed by atoms with van der Waals surface area (Å²) in [5.41, 5.74) is 0.547. The van der Waals surface area contributed by atoms with Crippen LogP contribution in [-0.4, -0.2) is 16.8 Å². The fourth-order valence-corrected chi connectivity index (χ4v) is 4.25. The van der Waals surface area contributed by atoms with Gasteiger partial charge >= 0.3 is 0 Å². The minimum Gasteiger partial charge on any atom is -0.293 e. The van der Waals surface area contributed by atoms with Crippen molar-refractivity contribution in [2.75, 3.05) is 5.75 Å². The summed E-state index contributed by atoms with van der Waals surface area (Å²) in [6, 6.07) is 5.05. The smallest absolute Gasteiger partial charge is 0.174 e. The molecule has 2 atom stereocenters. The molecule has 2 rings (SSSR count). The molecule has 1 aliphatic rings. The minimum atomic E-state index is 0.0794. The Kier molecular flexibility index (Phi) is 5.61. The second-order valence-corrected chi connectivity index (χ2v) is 7.38.